The molecule has 1 aliphatic heterocycles. The van der Waals surface area contributed by atoms with Crippen LogP contribution in [0.3, 0.4) is 0 Å². The van der Waals surface area contributed by atoms with Crippen LogP contribution in [0.1, 0.15) is 44.9 Å². The molecule has 6 nitrogen and oxygen atoms in total. The molecule has 2 fully saturated rings. The number of nitrogens with zero attached hydrogens (tertiary/aromatic N) is 1. The Morgan fingerprint density at radius 2 is 2.00 bits per heavy atom. The molecule has 3 N–H and O–H groups in total. The van der Waals surface area contributed by atoms with Gasteiger partial charge in [-0.25, -0.2) is 4.79 Å². The van der Waals surface area contributed by atoms with Gasteiger partial charge in [0.05, 0.1) is 6.10 Å². The van der Waals surface area contributed by atoms with Gasteiger partial charge < -0.3 is 20.5 Å². The van der Waals surface area contributed by atoms with E-state index in [1.54, 1.807) is 7.11 Å². The number of likely N-dealkylation sites (tertiary alicyclic amines) is 1. The third-order valence-corrected chi connectivity index (χ3v) is 5.07. The van der Waals surface area contributed by atoms with Gasteiger partial charge in [0.1, 0.15) is 6.04 Å². The van der Waals surface area contributed by atoms with Crippen molar-refractivity contribution in [2.24, 2.45) is 11.1 Å². The molecular weight excluding hydrogens is 272 g/mol. The predicted molar refractivity (Wildman–Crippen MR) is 77.7 cm³/mol. The van der Waals surface area contributed by atoms with Crippen LogP contribution in [0.25, 0.3) is 0 Å². The average molecular weight is 298 g/mol. The van der Waals surface area contributed by atoms with Gasteiger partial charge in [-0.1, -0.05) is 19.3 Å². The zero-order chi connectivity index (χ0) is 15.5. The van der Waals surface area contributed by atoms with E-state index >= 15 is 0 Å². The minimum Gasteiger partial charge on any atom is -0.480 e. The molecule has 1 heterocycles. The van der Waals surface area contributed by atoms with Crippen molar-refractivity contribution in [2.45, 2.75) is 57.1 Å². The summed E-state index contributed by atoms with van der Waals surface area (Å²) in [6.45, 7) is 0.866. The molecule has 0 aromatic rings. The van der Waals surface area contributed by atoms with Crippen LogP contribution >= 0.6 is 0 Å². The Kier molecular flexibility index (Phi) is 5.22. The summed E-state index contributed by atoms with van der Waals surface area (Å²) < 4.78 is 5.23. The molecule has 0 aromatic carbocycles. The van der Waals surface area contributed by atoms with Crippen LogP contribution in [0.5, 0.6) is 0 Å². The molecule has 0 bridgehead atoms. The maximum absolute atomic E-state index is 12.6. The van der Waals surface area contributed by atoms with Crippen LogP contribution in [0.4, 0.5) is 0 Å². The summed E-state index contributed by atoms with van der Waals surface area (Å²) in [7, 11) is 1.56. The van der Waals surface area contributed by atoms with Crippen molar-refractivity contribution >= 4 is 11.9 Å². The van der Waals surface area contributed by atoms with Crippen LogP contribution < -0.4 is 5.73 Å². The minimum absolute atomic E-state index is 0.0886. The number of methoxy groups -OCH3 is 1. The monoisotopic (exact) mass is 298 g/mol. The van der Waals surface area contributed by atoms with Crippen molar-refractivity contribution in [3.05, 3.63) is 0 Å². The Hall–Kier alpha value is -1.14. The molecule has 6 heteroatoms. The molecule has 0 spiro atoms. The van der Waals surface area contributed by atoms with Crippen LogP contribution in [0.2, 0.25) is 0 Å². The molecule has 0 aromatic heterocycles. The van der Waals surface area contributed by atoms with E-state index in [9.17, 15) is 14.7 Å². The van der Waals surface area contributed by atoms with Gasteiger partial charge in [0.15, 0.2) is 0 Å². The van der Waals surface area contributed by atoms with E-state index in [-0.39, 0.29) is 17.4 Å². The minimum atomic E-state index is -0.951. The molecule has 0 radical (unpaired) electrons. The summed E-state index contributed by atoms with van der Waals surface area (Å²) in [6, 6.07) is -0.763. The lowest BCUT2D eigenvalue weighted by Gasteiger charge is -2.37. The Balaban J connectivity index is 2.05. The van der Waals surface area contributed by atoms with E-state index in [1.807, 2.05) is 0 Å². The standard InChI is InChI=1S/C15H26N2O4/c1-21-11-7-12(14(19)20)17(9-11)13(18)8-15(10-16)5-3-2-4-6-15/h11-12H,2-10,16H2,1H3,(H,19,20). The summed E-state index contributed by atoms with van der Waals surface area (Å²) in [5.41, 5.74) is 5.79. The number of carbonyl (C=O) groups excluding carboxylic acids is 1. The summed E-state index contributed by atoms with van der Waals surface area (Å²) in [5.74, 6) is -1.04. The van der Waals surface area contributed by atoms with Crippen LogP contribution in [-0.4, -0.2) is 54.2 Å². The number of nitrogens with two attached hydrogens (primary N) is 1. The van der Waals surface area contributed by atoms with E-state index < -0.39 is 12.0 Å². The average Bonchev–Trinajstić information content (AvgIpc) is 2.93. The molecule has 1 saturated heterocycles. The second-order valence-electron chi connectivity index (χ2n) is 6.44. The summed E-state index contributed by atoms with van der Waals surface area (Å²) in [4.78, 5) is 25.4. The van der Waals surface area contributed by atoms with Gasteiger partial charge in [0.25, 0.3) is 0 Å². The van der Waals surface area contributed by atoms with Crippen molar-refractivity contribution in [3.8, 4) is 0 Å². The molecule has 2 atom stereocenters. The van der Waals surface area contributed by atoms with Gasteiger partial charge >= 0.3 is 5.97 Å². The Bertz CT molecular complexity index is 393. The topological polar surface area (TPSA) is 92.9 Å². The van der Waals surface area contributed by atoms with Gasteiger partial charge in [-0.05, 0) is 24.8 Å². The van der Waals surface area contributed by atoms with Gasteiger partial charge in [-0.15, -0.1) is 0 Å². The zero-order valence-corrected chi connectivity index (χ0v) is 12.7. The second kappa shape index (κ2) is 6.75. The number of amides is 1. The number of hydrogen-bond acceptors (Lipinski definition) is 4. The van der Waals surface area contributed by atoms with Crippen LogP contribution in [-0.2, 0) is 14.3 Å². The highest BCUT2D eigenvalue weighted by atomic mass is 16.5. The lowest BCUT2D eigenvalue weighted by molar-refractivity contribution is -0.149. The maximum Gasteiger partial charge on any atom is 0.326 e. The first-order valence-corrected chi connectivity index (χ1v) is 7.76. The normalized spacial score (nSPS) is 28.6. The number of ether oxygens (including phenoxy) is 1. The fourth-order valence-corrected chi connectivity index (χ4v) is 3.66. The van der Waals surface area contributed by atoms with Crippen molar-refractivity contribution < 1.29 is 19.4 Å². The van der Waals surface area contributed by atoms with E-state index in [0.29, 0.717) is 25.9 Å². The fraction of sp³-hybridized carbons (Fsp3) is 0.867. The smallest absolute Gasteiger partial charge is 0.326 e. The van der Waals surface area contributed by atoms with E-state index in [4.69, 9.17) is 10.5 Å². The molecule has 2 unspecified atom stereocenters. The Morgan fingerprint density at radius 1 is 1.33 bits per heavy atom. The highest BCUT2D eigenvalue weighted by Gasteiger charge is 2.42. The first-order chi connectivity index (χ1) is 10.0. The van der Waals surface area contributed by atoms with Gasteiger partial charge in [-0.3, -0.25) is 4.79 Å². The van der Waals surface area contributed by atoms with E-state index in [0.717, 1.165) is 25.7 Å². The molecule has 2 rings (SSSR count). The van der Waals surface area contributed by atoms with Crippen molar-refractivity contribution in [2.75, 3.05) is 20.2 Å². The summed E-state index contributed by atoms with van der Waals surface area (Å²) in [6.07, 6.45) is 5.89. The number of carboxylic acid groups (broad SMARTS) is 1. The van der Waals surface area contributed by atoms with Crippen LogP contribution in [0.15, 0.2) is 0 Å². The van der Waals surface area contributed by atoms with Crippen molar-refractivity contribution in [3.63, 3.8) is 0 Å². The molecule has 1 amide bonds. The third kappa shape index (κ3) is 3.55. The summed E-state index contributed by atoms with van der Waals surface area (Å²) >= 11 is 0. The lowest BCUT2D eigenvalue weighted by Crippen LogP contribution is -2.45. The number of aliphatic carboxylic acids is 1. The third-order valence-electron chi connectivity index (χ3n) is 5.07. The molecule has 1 saturated carbocycles. The number of carbonyl (C=O) groups is 2. The molecule has 21 heavy (non-hydrogen) atoms. The molecule has 2 aliphatic rings. The lowest BCUT2D eigenvalue weighted by atomic mass is 9.71. The quantitative estimate of drug-likeness (QED) is 0.789. The van der Waals surface area contributed by atoms with E-state index in [2.05, 4.69) is 0 Å². The Morgan fingerprint density at radius 3 is 2.52 bits per heavy atom. The van der Waals surface area contributed by atoms with Gasteiger partial charge in [0.2, 0.25) is 5.91 Å². The SMILES string of the molecule is COC1CC(C(=O)O)N(C(=O)CC2(CN)CCCCC2)C1. The Labute approximate surface area is 125 Å². The number of rotatable bonds is 5. The predicted octanol–water partition coefficient (Wildman–Crippen LogP) is 0.986. The molecule has 120 valence electrons. The van der Waals surface area contributed by atoms with Crippen molar-refractivity contribution in [1.82, 2.24) is 4.90 Å². The van der Waals surface area contributed by atoms with Gasteiger partial charge in [0, 0.05) is 26.5 Å². The summed E-state index contributed by atoms with van der Waals surface area (Å²) in [5, 5.41) is 9.30. The second-order valence-corrected chi connectivity index (χ2v) is 6.44. The van der Waals surface area contributed by atoms with E-state index in [1.165, 1.54) is 11.3 Å². The van der Waals surface area contributed by atoms with Crippen molar-refractivity contribution in [1.29, 1.82) is 0 Å². The first kappa shape index (κ1) is 16.2. The number of hydrogen-bond donors (Lipinski definition) is 2. The zero-order valence-electron chi connectivity index (χ0n) is 12.7. The maximum atomic E-state index is 12.6. The highest BCUT2D eigenvalue weighted by molar-refractivity contribution is 5.84. The fourth-order valence-electron chi connectivity index (χ4n) is 3.66. The number of carboxylic acids is 1. The van der Waals surface area contributed by atoms with Crippen LogP contribution in [0, 0.1) is 5.41 Å². The molecular formula is C15H26N2O4. The highest BCUT2D eigenvalue weighted by Crippen LogP contribution is 2.39. The van der Waals surface area contributed by atoms with Gasteiger partial charge in [-0.2, -0.15) is 0 Å². The first-order valence-electron chi connectivity index (χ1n) is 7.76. The molecule has 1 aliphatic carbocycles. The largest absolute Gasteiger partial charge is 0.480 e.